The molecule has 0 aliphatic heterocycles. The number of nitrogens with zero attached hydrogens (tertiary/aromatic N) is 1. The van der Waals surface area contributed by atoms with E-state index in [0.29, 0.717) is 17.9 Å². The molecule has 0 bridgehead atoms. The summed E-state index contributed by atoms with van der Waals surface area (Å²) in [5.41, 5.74) is 1.37. The van der Waals surface area contributed by atoms with Gasteiger partial charge in [-0.25, -0.2) is 0 Å². The molecule has 1 aromatic rings. The molecular formula is C18H30N2O. The minimum Gasteiger partial charge on any atom is -0.393 e. The Balaban J connectivity index is 1.87. The van der Waals surface area contributed by atoms with E-state index < -0.39 is 0 Å². The molecule has 1 aliphatic carbocycles. The molecule has 1 saturated carbocycles. The standard InChI is InChI=1S/C18H30N2O/c1-4-19-18(16-8-6-5-7-9-16)14(2)12-20(3)13-15-10-17(21)11-15/h5-9,14-15,17-19,21H,4,10-13H2,1-3H3. The summed E-state index contributed by atoms with van der Waals surface area (Å²) < 4.78 is 0. The lowest BCUT2D eigenvalue weighted by molar-refractivity contribution is 0.0259. The SMILES string of the molecule is CCNC(c1ccccc1)C(C)CN(C)CC1CC(O)C1. The smallest absolute Gasteiger partial charge is 0.0546 e. The summed E-state index contributed by atoms with van der Waals surface area (Å²) in [5.74, 6) is 1.24. The van der Waals surface area contributed by atoms with Gasteiger partial charge in [0, 0.05) is 19.1 Å². The van der Waals surface area contributed by atoms with Gasteiger partial charge in [0.15, 0.2) is 0 Å². The summed E-state index contributed by atoms with van der Waals surface area (Å²) >= 11 is 0. The Morgan fingerprint density at radius 2 is 1.95 bits per heavy atom. The van der Waals surface area contributed by atoms with E-state index in [1.165, 1.54) is 5.56 Å². The van der Waals surface area contributed by atoms with Gasteiger partial charge in [-0.05, 0) is 43.8 Å². The number of rotatable bonds is 8. The van der Waals surface area contributed by atoms with Crippen LogP contribution in [0, 0.1) is 11.8 Å². The van der Waals surface area contributed by atoms with Gasteiger partial charge in [0.05, 0.1) is 6.10 Å². The largest absolute Gasteiger partial charge is 0.393 e. The lowest BCUT2D eigenvalue weighted by atomic mass is 9.82. The number of nitrogens with one attached hydrogen (secondary N) is 1. The Kier molecular flexibility index (Phi) is 6.22. The van der Waals surface area contributed by atoms with Gasteiger partial charge in [0.25, 0.3) is 0 Å². The van der Waals surface area contributed by atoms with Gasteiger partial charge in [-0.1, -0.05) is 44.2 Å². The van der Waals surface area contributed by atoms with Crippen LogP contribution in [0.15, 0.2) is 30.3 Å². The Hall–Kier alpha value is -0.900. The van der Waals surface area contributed by atoms with Crippen molar-refractivity contribution in [2.45, 2.75) is 38.8 Å². The third-order valence-corrected chi connectivity index (χ3v) is 4.53. The molecule has 0 saturated heterocycles. The number of benzene rings is 1. The third-order valence-electron chi connectivity index (χ3n) is 4.53. The van der Waals surface area contributed by atoms with E-state index in [9.17, 15) is 5.11 Å². The second-order valence-corrected chi connectivity index (χ2v) is 6.64. The zero-order valence-electron chi connectivity index (χ0n) is 13.6. The van der Waals surface area contributed by atoms with E-state index in [4.69, 9.17) is 0 Å². The molecule has 0 spiro atoms. The second-order valence-electron chi connectivity index (χ2n) is 6.64. The zero-order valence-corrected chi connectivity index (χ0v) is 13.6. The predicted molar refractivity (Wildman–Crippen MR) is 88.3 cm³/mol. The lowest BCUT2D eigenvalue weighted by Gasteiger charge is -2.36. The first kappa shape index (κ1) is 16.5. The summed E-state index contributed by atoms with van der Waals surface area (Å²) in [5, 5.41) is 13.0. The maximum Gasteiger partial charge on any atom is 0.0546 e. The van der Waals surface area contributed by atoms with Crippen molar-refractivity contribution in [3.05, 3.63) is 35.9 Å². The average molecular weight is 290 g/mol. The first-order valence-corrected chi connectivity index (χ1v) is 8.25. The summed E-state index contributed by atoms with van der Waals surface area (Å²) in [6, 6.07) is 11.1. The quantitative estimate of drug-likeness (QED) is 0.772. The van der Waals surface area contributed by atoms with Gasteiger partial charge >= 0.3 is 0 Å². The highest BCUT2D eigenvalue weighted by atomic mass is 16.3. The zero-order chi connectivity index (χ0) is 15.2. The van der Waals surface area contributed by atoms with Crippen LogP contribution in [-0.4, -0.2) is 42.8 Å². The Bertz CT molecular complexity index is 403. The second kappa shape index (κ2) is 7.92. The summed E-state index contributed by atoms with van der Waals surface area (Å²) in [6.07, 6.45) is 1.92. The molecule has 0 heterocycles. The molecule has 21 heavy (non-hydrogen) atoms. The fourth-order valence-electron chi connectivity index (χ4n) is 3.49. The number of aliphatic hydroxyl groups excluding tert-OH is 1. The van der Waals surface area contributed by atoms with Gasteiger partial charge in [-0.3, -0.25) is 0 Å². The molecule has 1 aromatic carbocycles. The van der Waals surface area contributed by atoms with Crippen LogP contribution < -0.4 is 5.32 Å². The molecule has 0 aromatic heterocycles. The van der Waals surface area contributed by atoms with Crippen molar-refractivity contribution in [3.63, 3.8) is 0 Å². The molecule has 2 N–H and O–H groups in total. The van der Waals surface area contributed by atoms with Crippen LogP contribution in [-0.2, 0) is 0 Å². The summed E-state index contributed by atoms with van der Waals surface area (Å²) in [7, 11) is 2.20. The Morgan fingerprint density at radius 3 is 2.52 bits per heavy atom. The third kappa shape index (κ3) is 4.80. The van der Waals surface area contributed by atoms with E-state index in [1.807, 2.05) is 0 Å². The molecule has 2 rings (SSSR count). The van der Waals surface area contributed by atoms with Crippen molar-refractivity contribution < 1.29 is 5.11 Å². The van der Waals surface area contributed by atoms with Crippen LogP contribution in [0.3, 0.4) is 0 Å². The molecule has 1 fully saturated rings. The molecular weight excluding hydrogens is 260 g/mol. The number of hydrogen-bond donors (Lipinski definition) is 2. The maximum atomic E-state index is 9.39. The minimum atomic E-state index is -0.0420. The monoisotopic (exact) mass is 290 g/mol. The van der Waals surface area contributed by atoms with Crippen molar-refractivity contribution in [2.75, 3.05) is 26.7 Å². The normalized spacial score (nSPS) is 24.6. The van der Waals surface area contributed by atoms with Crippen LogP contribution >= 0.6 is 0 Å². The van der Waals surface area contributed by atoms with Crippen LogP contribution in [0.5, 0.6) is 0 Å². The number of hydrogen-bond acceptors (Lipinski definition) is 3. The fraction of sp³-hybridized carbons (Fsp3) is 0.667. The molecule has 3 nitrogen and oxygen atoms in total. The van der Waals surface area contributed by atoms with E-state index in [1.54, 1.807) is 0 Å². The van der Waals surface area contributed by atoms with Gasteiger partial charge in [-0.2, -0.15) is 0 Å². The van der Waals surface area contributed by atoms with Crippen LogP contribution in [0.2, 0.25) is 0 Å². The van der Waals surface area contributed by atoms with Gasteiger partial charge in [-0.15, -0.1) is 0 Å². The van der Waals surface area contributed by atoms with E-state index >= 15 is 0 Å². The van der Waals surface area contributed by atoms with Gasteiger partial charge in [0.2, 0.25) is 0 Å². The Morgan fingerprint density at radius 1 is 1.29 bits per heavy atom. The predicted octanol–water partition coefficient (Wildman–Crippen LogP) is 2.68. The molecule has 2 atom stereocenters. The van der Waals surface area contributed by atoms with Crippen molar-refractivity contribution in [3.8, 4) is 0 Å². The van der Waals surface area contributed by atoms with Crippen molar-refractivity contribution in [1.29, 1.82) is 0 Å². The van der Waals surface area contributed by atoms with E-state index in [-0.39, 0.29) is 6.10 Å². The van der Waals surface area contributed by atoms with Crippen molar-refractivity contribution in [2.24, 2.45) is 11.8 Å². The fourth-order valence-corrected chi connectivity index (χ4v) is 3.49. The van der Waals surface area contributed by atoms with Crippen LogP contribution in [0.1, 0.15) is 38.3 Å². The minimum absolute atomic E-state index is 0.0420. The van der Waals surface area contributed by atoms with Crippen molar-refractivity contribution >= 4 is 0 Å². The maximum absolute atomic E-state index is 9.39. The summed E-state index contributed by atoms with van der Waals surface area (Å²) in [6.45, 7) is 7.67. The van der Waals surface area contributed by atoms with E-state index in [2.05, 4.69) is 61.4 Å². The highest BCUT2D eigenvalue weighted by molar-refractivity contribution is 5.19. The summed E-state index contributed by atoms with van der Waals surface area (Å²) in [4.78, 5) is 2.43. The van der Waals surface area contributed by atoms with Gasteiger partial charge < -0.3 is 15.3 Å². The van der Waals surface area contributed by atoms with Crippen LogP contribution in [0.25, 0.3) is 0 Å². The average Bonchev–Trinajstić information content (AvgIpc) is 2.43. The molecule has 1 aliphatic rings. The molecule has 3 heteroatoms. The Labute approximate surface area is 129 Å². The molecule has 118 valence electrons. The topological polar surface area (TPSA) is 35.5 Å². The highest BCUT2D eigenvalue weighted by Gasteiger charge is 2.28. The van der Waals surface area contributed by atoms with E-state index in [0.717, 1.165) is 32.5 Å². The first-order chi connectivity index (χ1) is 10.1. The molecule has 0 amide bonds. The van der Waals surface area contributed by atoms with Crippen LogP contribution in [0.4, 0.5) is 0 Å². The lowest BCUT2D eigenvalue weighted by Crippen LogP contribution is -2.40. The number of aliphatic hydroxyl groups is 1. The van der Waals surface area contributed by atoms with Crippen molar-refractivity contribution in [1.82, 2.24) is 10.2 Å². The molecule has 0 radical (unpaired) electrons. The highest BCUT2D eigenvalue weighted by Crippen LogP contribution is 2.28. The molecule has 2 unspecified atom stereocenters. The van der Waals surface area contributed by atoms with Gasteiger partial charge in [0.1, 0.15) is 0 Å². The first-order valence-electron chi connectivity index (χ1n) is 8.25.